The standard InChI is InChI=1S/C17H26N4O2/c1-20-8-12(7-18-20)9-21-10-15(14-5-6-23-16(14)11-21)17(22)19-13-3-2-4-13/h7-8,13-16H,2-6,9-11H2,1H3,(H,19,22)/t14-,15-,16+/m1/s1. The fraction of sp³-hybridized carbons (Fsp3) is 0.765. The van der Waals surface area contributed by atoms with Crippen molar-refractivity contribution < 1.29 is 9.53 Å². The molecule has 1 aliphatic carbocycles. The summed E-state index contributed by atoms with van der Waals surface area (Å²) in [6, 6.07) is 0.414. The summed E-state index contributed by atoms with van der Waals surface area (Å²) in [6.07, 6.45) is 8.71. The average molecular weight is 318 g/mol. The minimum atomic E-state index is 0.0634. The maximum Gasteiger partial charge on any atom is 0.225 e. The van der Waals surface area contributed by atoms with Gasteiger partial charge in [-0.25, -0.2) is 0 Å². The molecule has 0 unspecified atom stereocenters. The van der Waals surface area contributed by atoms with Gasteiger partial charge in [0.05, 0.1) is 18.2 Å². The third kappa shape index (κ3) is 3.15. The van der Waals surface area contributed by atoms with Gasteiger partial charge in [-0.15, -0.1) is 0 Å². The Hall–Kier alpha value is -1.40. The molecule has 0 spiro atoms. The van der Waals surface area contributed by atoms with Gasteiger partial charge in [-0.1, -0.05) is 0 Å². The van der Waals surface area contributed by atoms with Gasteiger partial charge >= 0.3 is 0 Å². The molecule has 3 heterocycles. The number of aromatic nitrogens is 2. The summed E-state index contributed by atoms with van der Waals surface area (Å²) in [5, 5.41) is 7.49. The summed E-state index contributed by atoms with van der Waals surface area (Å²) >= 11 is 0. The highest BCUT2D eigenvalue weighted by atomic mass is 16.5. The Morgan fingerprint density at radius 2 is 2.26 bits per heavy atom. The van der Waals surface area contributed by atoms with E-state index in [1.165, 1.54) is 12.0 Å². The van der Waals surface area contributed by atoms with Crippen LogP contribution in [0.4, 0.5) is 0 Å². The van der Waals surface area contributed by atoms with Crippen molar-refractivity contribution in [2.24, 2.45) is 18.9 Å². The lowest BCUT2D eigenvalue weighted by molar-refractivity contribution is -0.132. The number of nitrogens with zero attached hydrogens (tertiary/aromatic N) is 3. The molecule has 0 aromatic carbocycles. The van der Waals surface area contributed by atoms with Crippen molar-refractivity contribution in [3.63, 3.8) is 0 Å². The van der Waals surface area contributed by atoms with E-state index in [-0.39, 0.29) is 17.9 Å². The summed E-state index contributed by atoms with van der Waals surface area (Å²) in [5.41, 5.74) is 1.20. The number of nitrogens with one attached hydrogen (secondary N) is 1. The molecule has 3 aliphatic rings. The normalized spacial score (nSPS) is 31.6. The Labute approximate surface area is 137 Å². The van der Waals surface area contributed by atoms with Gasteiger partial charge in [-0.3, -0.25) is 14.4 Å². The summed E-state index contributed by atoms with van der Waals surface area (Å²) < 4.78 is 7.74. The Bertz CT molecular complexity index is 569. The van der Waals surface area contributed by atoms with Gasteiger partial charge in [-0.05, 0) is 25.7 Å². The molecule has 6 heteroatoms. The van der Waals surface area contributed by atoms with E-state index in [0.717, 1.165) is 45.5 Å². The van der Waals surface area contributed by atoms with Gasteiger partial charge < -0.3 is 10.1 Å². The fourth-order valence-corrected chi connectivity index (χ4v) is 4.13. The molecule has 2 saturated heterocycles. The molecular weight excluding hydrogens is 292 g/mol. The summed E-state index contributed by atoms with van der Waals surface area (Å²) in [4.78, 5) is 15.1. The van der Waals surface area contributed by atoms with Gasteiger partial charge in [0.2, 0.25) is 5.91 Å². The maximum atomic E-state index is 12.7. The molecule has 23 heavy (non-hydrogen) atoms. The smallest absolute Gasteiger partial charge is 0.225 e. The van der Waals surface area contributed by atoms with Crippen molar-refractivity contribution in [1.29, 1.82) is 0 Å². The molecule has 3 fully saturated rings. The van der Waals surface area contributed by atoms with Gasteiger partial charge in [0.25, 0.3) is 0 Å². The topological polar surface area (TPSA) is 59.4 Å². The van der Waals surface area contributed by atoms with Crippen LogP contribution in [-0.2, 0) is 23.1 Å². The van der Waals surface area contributed by atoms with Crippen LogP contribution in [0.15, 0.2) is 12.4 Å². The molecule has 1 N–H and O–H groups in total. The first-order valence-electron chi connectivity index (χ1n) is 8.81. The van der Waals surface area contributed by atoms with Gasteiger partial charge in [0.15, 0.2) is 0 Å². The van der Waals surface area contributed by atoms with E-state index in [1.807, 2.05) is 24.1 Å². The van der Waals surface area contributed by atoms with Crippen LogP contribution in [0.2, 0.25) is 0 Å². The molecule has 1 aromatic heterocycles. The average Bonchev–Trinajstić information content (AvgIpc) is 3.10. The lowest BCUT2D eigenvalue weighted by Crippen LogP contribution is -2.54. The minimum absolute atomic E-state index is 0.0634. The van der Waals surface area contributed by atoms with Crippen molar-refractivity contribution in [3.8, 4) is 0 Å². The van der Waals surface area contributed by atoms with Crippen LogP contribution in [0.5, 0.6) is 0 Å². The first-order valence-corrected chi connectivity index (χ1v) is 8.81. The van der Waals surface area contributed by atoms with E-state index >= 15 is 0 Å². The third-order valence-corrected chi connectivity index (χ3v) is 5.62. The summed E-state index contributed by atoms with van der Waals surface area (Å²) in [7, 11) is 1.94. The summed E-state index contributed by atoms with van der Waals surface area (Å²) in [5.74, 6) is 0.694. The number of aryl methyl sites for hydroxylation is 1. The summed E-state index contributed by atoms with van der Waals surface area (Å²) in [6.45, 7) is 3.39. The van der Waals surface area contributed by atoms with Crippen LogP contribution in [0, 0.1) is 11.8 Å². The number of hydrogen-bond donors (Lipinski definition) is 1. The van der Waals surface area contributed by atoms with E-state index in [9.17, 15) is 4.79 Å². The number of ether oxygens (including phenoxy) is 1. The molecule has 126 valence electrons. The lowest BCUT2D eigenvalue weighted by atomic mass is 9.81. The molecule has 0 radical (unpaired) electrons. The van der Waals surface area contributed by atoms with Crippen LogP contribution in [-0.4, -0.2) is 52.4 Å². The molecule has 2 aliphatic heterocycles. The highest BCUT2D eigenvalue weighted by Crippen LogP contribution is 2.35. The van der Waals surface area contributed by atoms with Gasteiger partial charge in [-0.2, -0.15) is 5.10 Å². The second kappa shape index (κ2) is 6.24. The Morgan fingerprint density at radius 1 is 1.39 bits per heavy atom. The number of hydrogen-bond acceptors (Lipinski definition) is 4. The monoisotopic (exact) mass is 318 g/mol. The minimum Gasteiger partial charge on any atom is -0.377 e. The van der Waals surface area contributed by atoms with E-state index < -0.39 is 0 Å². The number of carbonyl (C=O) groups excluding carboxylic acids is 1. The van der Waals surface area contributed by atoms with Crippen LogP contribution in [0.3, 0.4) is 0 Å². The fourth-order valence-electron chi connectivity index (χ4n) is 4.13. The Balaban J connectivity index is 1.44. The number of amides is 1. The van der Waals surface area contributed by atoms with Crippen LogP contribution < -0.4 is 5.32 Å². The Kier molecular flexibility index (Phi) is 4.11. The van der Waals surface area contributed by atoms with Crippen molar-refractivity contribution in [2.45, 2.75) is 44.4 Å². The van der Waals surface area contributed by atoms with Crippen molar-refractivity contribution in [3.05, 3.63) is 18.0 Å². The quantitative estimate of drug-likeness (QED) is 0.897. The lowest BCUT2D eigenvalue weighted by Gasteiger charge is -2.40. The predicted octanol–water partition coefficient (Wildman–Crippen LogP) is 0.926. The second-order valence-electron chi connectivity index (χ2n) is 7.32. The van der Waals surface area contributed by atoms with Crippen molar-refractivity contribution in [2.75, 3.05) is 19.7 Å². The van der Waals surface area contributed by atoms with E-state index in [1.54, 1.807) is 0 Å². The zero-order valence-corrected chi connectivity index (χ0v) is 13.8. The molecule has 1 amide bonds. The van der Waals surface area contributed by atoms with Crippen molar-refractivity contribution in [1.82, 2.24) is 20.0 Å². The van der Waals surface area contributed by atoms with Gasteiger partial charge in [0, 0.05) is 57.0 Å². The highest BCUT2D eigenvalue weighted by molar-refractivity contribution is 5.80. The molecule has 1 saturated carbocycles. The zero-order valence-electron chi connectivity index (χ0n) is 13.8. The molecular formula is C17H26N4O2. The highest BCUT2D eigenvalue weighted by Gasteiger charge is 2.44. The number of fused-ring (bicyclic) bond motifs is 1. The predicted molar refractivity (Wildman–Crippen MR) is 85.6 cm³/mol. The zero-order chi connectivity index (χ0) is 15.8. The first-order chi connectivity index (χ1) is 11.2. The number of carbonyl (C=O) groups is 1. The molecule has 3 atom stereocenters. The van der Waals surface area contributed by atoms with Gasteiger partial charge in [0.1, 0.15) is 0 Å². The van der Waals surface area contributed by atoms with E-state index in [0.29, 0.717) is 12.0 Å². The SMILES string of the molecule is Cn1cc(CN2C[C@@H]3OCC[C@@H]3[C@H](C(=O)NC3CCC3)C2)cn1. The Morgan fingerprint density at radius 3 is 2.96 bits per heavy atom. The first kappa shape index (κ1) is 15.1. The van der Waals surface area contributed by atoms with E-state index in [4.69, 9.17) is 4.74 Å². The van der Waals surface area contributed by atoms with Crippen LogP contribution in [0.1, 0.15) is 31.2 Å². The second-order valence-corrected chi connectivity index (χ2v) is 7.32. The third-order valence-electron chi connectivity index (χ3n) is 5.62. The molecule has 0 bridgehead atoms. The van der Waals surface area contributed by atoms with Crippen molar-refractivity contribution >= 4 is 5.91 Å². The largest absolute Gasteiger partial charge is 0.377 e. The van der Waals surface area contributed by atoms with Crippen LogP contribution >= 0.6 is 0 Å². The number of likely N-dealkylation sites (tertiary alicyclic amines) is 1. The molecule has 4 rings (SSSR count). The van der Waals surface area contributed by atoms with Crippen LogP contribution in [0.25, 0.3) is 0 Å². The van der Waals surface area contributed by atoms with E-state index in [2.05, 4.69) is 15.3 Å². The molecule has 6 nitrogen and oxygen atoms in total. The number of rotatable bonds is 4. The number of piperidine rings is 1. The molecule has 1 aromatic rings. The maximum absolute atomic E-state index is 12.7.